The number of fused-ring (bicyclic) bond motifs is 1. The summed E-state index contributed by atoms with van der Waals surface area (Å²) >= 11 is 0. The van der Waals surface area contributed by atoms with Gasteiger partial charge in [-0.05, 0) is 24.6 Å². The zero-order chi connectivity index (χ0) is 11.5. The van der Waals surface area contributed by atoms with Crippen molar-refractivity contribution in [1.82, 2.24) is 4.98 Å². The molecule has 0 spiro atoms. The maximum Gasteiger partial charge on any atom is 0.174 e. The molecule has 0 unspecified atom stereocenters. The average molecular weight is 216 g/mol. The van der Waals surface area contributed by atoms with Crippen LogP contribution in [-0.4, -0.2) is 11.6 Å². The van der Waals surface area contributed by atoms with Gasteiger partial charge in [-0.1, -0.05) is 6.07 Å². The van der Waals surface area contributed by atoms with E-state index in [1.807, 2.05) is 13.0 Å². The van der Waals surface area contributed by atoms with E-state index in [2.05, 4.69) is 4.98 Å². The first kappa shape index (κ1) is 10.4. The Hall–Kier alpha value is -2.15. The van der Waals surface area contributed by atoms with Crippen LogP contribution in [0.15, 0.2) is 24.4 Å². The quantitative estimate of drug-likeness (QED) is 0.775. The summed E-state index contributed by atoms with van der Waals surface area (Å²) in [6.45, 7) is 1.75. The van der Waals surface area contributed by atoms with E-state index < -0.39 is 0 Å². The van der Waals surface area contributed by atoms with Gasteiger partial charge < -0.3 is 4.74 Å². The summed E-state index contributed by atoms with van der Waals surface area (Å²) in [6, 6.07) is 6.45. The largest absolute Gasteiger partial charge is 0.478 e. The molecule has 0 amide bonds. The monoisotopic (exact) mass is 216 g/mol. The number of halogens is 1. The first-order valence-electron chi connectivity index (χ1n) is 4.77. The minimum Gasteiger partial charge on any atom is -0.478 e. The van der Waals surface area contributed by atoms with Crippen molar-refractivity contribution in [3.63, 3.8) is 0 Å². The second kappa shape index (κ2) is 4.15. The summed E-state index contributed by atoms with van der Waals surface area (Å²) in [5.41, 5.74) is 1.44. The molecule has 2 aromatic rings. The van der Waals surface area contributed by atoms with Crippen LogP contribution in [0.4, 0.5) is 4.39 Å². The van der Waals surface area contributed by atoms with Crippen LogP contribution in [0.5, 0.6) is 5.75 Å². The Labute approximate surface area is 92.1 Å². The third-order valence-electron chi connectivity index (χ3n) is 2.30. The van der Waals surface area contributed by atoms with Crippen LogP contribution in [0.25, 0.3) is 10.9 Å². The van der Waals surface area contributed by atoms with Crippen molar-refractivity contribution in [2.75, 3.05) is 6.61 Å². The van der Waals surface area contributed by atoms with Crippen molar-refractivity contribution < 1.29 is 9.13 Å². The average Bonchev–Trinajstić information content (AvgIpc) is 2.31. The molecule has 16 heavy (non-hydrogen) atoms. The van der Waals surface area contributed by atoms with E-state index in [1.165, 1.54) is 6.07 Å². The van der Waals surface area contributed by atoms with E-state index in [0.29, 0.717) is 16.7 Å². The molecule has 0 aliphatic rings. The van der Waals surface area contributed by atoms with Crippen LogP contribution in [0.3, 0.4) is 0 Å². The molecule has 4 heteroatoms. The molecule has 0 saturated carbocycles. The summed E-state index contributed by atoms with van der Waals surface area (Å²) in [5.74, 6) is -0.0330. The SMILES string of the molecule is Cc1ccc(F)c2c(OCC#N)ccnc12. The maximum absolute atomic E-state index is 13.7. The predicted octanol–water partition coefficient (Wildman–Crippen LogP) is 2.58. The summed E-state index contributed by atoms with van der Waals surface area (Å²) in [4.78, 5) is 4.11. The molecule has 0 aliphatic heterocycles. The van der Waals surface area contributed by atoms with E-state index in [1.54, 1.807) is 18.3 Å². The zero-order valence-corrected chi connectivity index (χ0v) is 8.70. The standard InChI is InChI=1S/C12H9FN2O/c1-8-2-3-9(13)11-10(16-7-5-14)4-6-15-12(8)11/h2-4,6H,7H2,1H3. The topological polar surface area (TPSA) is 45.9 Å². The Kier molecular flexibility index (Phi) is 2.69. The second-order valence-electron chi connectivity index (χ2n) is 3.34. The highest BCUT2D eigenvalue weighted by Crippen LogP contribution is 2.28. The van der Waals surface area contributed by atoms with Gasteiger partial charge in [0, 0.05) is 6.20 Å². The number of aromatic nitrogens is 1. The second-order valence-corrected chi connectivity index (χ2v) is 3.34. The molecule has 0 atom stereocenters. The normalized spacial score (nSPS) is 10.1. The number of pyridine rings is 1. The van der Waals surface area contributed by atoms with Gasteiger partial charge in [-0.25, -0.2) is 4.39 Å². The van der Waals surface area contributed by atoms with Crippen molar-refractivity contribution in [1.29, 1.82) is 5.26 Å². The van der Waals surface area contributed by atoms with Gasteiger partial charge in [0.1, 0.15) is 17.6 Å². The molecule has 0 radical (unpaired) electrons. The number of ether oxygens (including phenoxy) is 1. The number of benzene rings is 1. The van der Waals surface area contributed by atoms with Gasteiger partial charge in [0.2, 0.25) is 0 Å². The number of nitrogens with zero attached hydrogens (tertiary/aromatic N) is 2. The molecule has 0 saturated heterocycles. The fraction of sp³-hybridized carbons (Fsp3) is 0.167. The lowest BCUT2D eigenvalue weighted by molar-refractivity contribution is 0.371. The zero-order valence-electron chi connectivity index (χ0n) is 8.70. The Balaban J connectivity index is 2.67. The molecule has 80 valence electrons. The van der Waals surface area contributed by atoms with E-state index >= 15 is 0 Å². The molecule has 2 rings (SSSR count). The minimum atomic E-state index is -0.387. The molecular weight excluding hydrogens is 207 g/mol. The molecule has 0 fully saturated rings. The van der Waals surface area contributed by atoms with Crippen LogP contribution in [-0.2, 0) is 0 Å². The van der Waals surface area contributed by atoms with Crippen LogP contribution in [0.1, 0.15) is 5.56 Å². The fourth-order valence-corrected chi connectivity index (χ4v) is 1.56. The molecule has 1 heterocycles. The van der Waals surface area contributed by atoms with Gasteiger partial charge in [0.25, 0.3) is 0 Å². The minimum absolute atomic E-state index is 0.105. The van der Waals surface area contributed by atoms with Crippen LogP contribution in [0, 0.1) is 24.1 Å². The summed E-state index contributed by atoms with van der Waals surface area (Å²) in [7, 11) is 0. The highest BCUT2D eigenvalue weighted by atomic mass is 19.1. The third-order valence-corrected chi connectivity index (χ3v) is 2.30. The van der Waals surface area contributed by atoms with Gasteiger partial charge in [0.05, 0.1) is 10.9 Å². The van der Waals surface area contributed by atoms with Crippen LogP contribution in [0.2, 0.25) is 0 Å². The van der Waals surface area contributed by atoms with E-state index in [4.69, 9.17) is 10.00 Å². The van der Waals surface area contributed by atoms with E-state index in [0.717, 1.165) is 5.56 Å². The first-order chi connectivity index (χ1) is 7.74. The van der Waals surface area contributed by atoms with Crippen molar-refractivity contribution in [3.05, 3.63) is 35.8 Å². The maximum atomic E-state index is 13.7. The summed E-state index contributed by atoms with van der Waals surface area (Å²) in [6.07, 6.45) is 1.54. The van der Waals surface area contributed by atoms with Gasteiger partial charge in [-0.2, -0.15) is 5.26 Å². The van der Waals surface area contributed by atoms with Crippen molar-refractivity contribution in [2.24, 2.45) is 0 Å². The number of nitriles is 1. The lowest BCUT2D eigenvalue weighted by atomic mass is 10.1. The fourth-order valence-electron chi connectivity index (χ4n) is 1.56. The highest BCUT2D eigenvalue weighted by molar-refractivity contribution is 5.87. The molecular formula is C12H9FN2O. The molecule has 0 bridgehead atoms. The summed E-state index contributed by atoms with van der Waals surface area (Å²) < 4.78 is 18.8. The number of aryl methyl sites for hydroxylation is 1. The van der Waals surface area contributed by atoms with Gasteiger partial charge in [0.15, 0.2) is 6.61 Å². The molecule has 1 aromatic carbocycles. The Bertz CT molecular complexity index is 575. The van der Waals surface area contributed by atoms with Gasteiger partial charge in [-0.3, -0.25) is 4.98 Å². The Morgan fingerprint density at radius 1 is 1.44 bits per heavy atom. The molecule has 0 aliphatic carbocycles. The van der Waals surface area contributed by atoms with Gasteiger partial charge >= 0.3 is 0 Å². The van der Waals surface area contributed by atoms with Gasteiger partial charge in [-0.15, -0.1) is 0 Å². The first-order valence-corrected chi connectivity index (χ1v) is 4.77. The van der Waals surface area contributed by atoms with Crippen molar-refractivity contribution in [3.8, 4) is 11.8 Å². The Morgan fingerprint density at radius 2 is 2.25 bits per heavy atom. The van der Waals surface area contributed by atoms with Crippen molar-refractivity contribution in [2.45, 2.75) is 6.92 Å². The number of hydrogen-bond donors (Lipinski definition) is 0. The number of hydrogen-bond acceptors (Lipinski definition) is 3. The van der Waals surface area contributed by atoms with Crippen LogP contribution < -0.4 is 4.74 Å². The Morgan fingerprint density at radius 3 is 3.00 bits per heavy atom. The van der Waals surface area contributed by atoms with E-state index in [9.17, 15) is 4.39 Å². The van der Waals surface area contributed by atoms with E-state index in [-0.39, 0.29) is 12.4 Å². The summed E-state index contributed by atoms with van der Waals surface area (Å²) in [5, 5.41) is 8.77. The predicted molar refractivity (Wildman–Crippen MR) is 57.5 cm³/mol. The van der Waals surface area contributed by atoms with Crippen molar-refractivity contribution >= 4 is 10.9 Å². The van der Waals surface area contributed by atoms with Crippen LogP contribution >= 0.6 is 0 Å². The lowest BCUT2D eigenvalue weighted by Crippen LogP contribution is -1.97. The molecule has 1 aromatic heterocycles. The number of rotatable bonds is 2. The lowest BCUT2D eigenvalue weighted by Gasteiger charge is -2.08. The molecule has 3 nitrogen and oxygen atoms in total. The third kappa shape index (κ3) is 1.68. The highest BCUT2D eigenvalue weighted by Gasteiger charge is 2.10. The smallest absolute Gasteiger partial charge is 0.174 e. The molecule has 0 N–H and O–H groups in total.